The zero-order valence-corrected chi connectivity index (χ0v) is 16.2. The first kappa shape index (κ1) is 18.8. The molecule has 2 bridgehead atoms. The van der Waals surface area contributed by atoms with E-state index in [2.05, 4.69) is 10.2 Å². The summed E-state index contributed by atoms with van der Waals surface area (Å²) in [4.78, 5) is 14.4. The number of benzene rings is 1. The molecule has 3 saturated heterocycles. The molecule has 4 nitrogen and oxygen atoms in total. The molecule has 1 aromatic rings. The quantitative estimate of drug-likeness (QED) is 0.875. The van der Waals surface area contributed by atoms with Crippen molar-refractivity contribution in [3.63, 3.8) is 0 Å². The van der Waals surface area contributed by atoms with E-state index in [1.807, 2.05) is 20.8 Å². The summed E-state index contributed by atoms with van der Waals surface area (Å²) in [6.45, 7) is 8.27. The molecule has 27 heavy (non-hydrogen) atoms. The van der Waals surface area contributed by atoms with Crippen LogP contribution in [0.1, 0.15) is 39.2 Å². The third-order valence-electron chi connectivity index (χ3n) is 6.44. The van der Waals surface area contributed by atoms with E-state index in [0.29, 0.717) is 24.6 Å². The molecule has 0 aliphatic carbocycles. The molecular formula is C21H28F2N2O2. The van der Waals surface area contributed by atoms with Crippen LogP contribution in [-0.2, 0) is 16.1 Å². The number of carbonyl (C=O) groups excluding carboxylic acids is 1. The number of nitrogens with zero attached hydrogens (tertiary/aromatic N) is 1. The fraction of sp³-hybridized carbons (Fsp3) is 0.667. The Morgan fingerprint density at radius 2 is 2.15 bits per heavy atom. The maximum absolute atomic E-state index is 14.0. The van der Waals surface area contributed by atoms with Crippen LogP contribution in [0.15, 0.2) is 18.2 Å². The van der Waals surface area contributed by atoms with Gasteiger partial charge in [0.2, 0.25) is 5.91 Å². The Morgan fingerprint density at radius 3 is 2.89 bits per heavy atom. The van der Waals surface area contributed by atoms with Gasteiger partial charge in [0, 0.05) is 49.0 Å². The van der Waals surface area contributed by atoms with Crippen molar-refractivity contribution in [1.82, 2.24) is 10.2 Å². The Kier molecular flexibility index (Phi) is 4.54. The van der Waals surface area contributed by atoms with Crippen molar-refractivity contribution in [1.29, 1.82) is 0 Å². The SMILES string of the molecule is CC(C)(C)C(=O)NC[C@H]1[C@H]2CN(Cc3cc(F)ccc3F)C[C@]23CC[C@H]1O3. The molecule has 1 amide bonds. The molecule has 0 aromatic heterocycles. The van der Waals surface area contributed by atoms with Gasteiger partial charge >= 0.3 is 0 Å². The fourth-order valence-corrected chi connectivity index (χ4v) is 5.06. The van der Waals surface area contributed by atoms with Gasteiger partial charge in [-0.05, 0) is 31.0 Å². The van der Waals surface area contributed by atoms with Crippen LogP contribution in [0, 0.1) is 28.9 Å². The third kappa shape index (κ3) is 3.38. The van der Waals surface area contributed by atoms with E-state index < -0.39 is 11.2 Å². The summed E-state index contributed by atoms with van der Waals surface area (Å²) in [6, 6.07) is 3.61. The lowest BCUT2D eigenvalue weighted by Crippen LogP contribution is -2.44. The first-order valence-corrected chi connectivity index (χ1v) is 9.80. The third-order valence-corrected chi connectivity index (χ3v) is 6.44. The van der Waals surface area contributed by atoms with Gasteiger partial charge in [0.1, 0.15) is 11.6 Å². The highest BCUT2D eigenvalue weighted by Crippen LogP contribution is 2.54. The number of halogens is 2. The van der Waals surface area contributed by atoms with Crippen LogP contribution in [0.5, 0.6) is 0 Å². The molecule has 6 heteroatoms. The van der Waals surface area contributed by atoms with E-state index in [1.54, 1.807) is 0 Å². The molecule has 1 aromatic carbocycles. The largest absolute Gasteiger partial charge is 0.370 e. The number of ether oxygens (including phenoxy) is 1. The number of fused-ring (bicyclic) bond motifs is 1. The molecular weight excluding hydrogens is 350 g/mol. The van der Waals surface area contributed by atoms with E-state index in [-0.39, 0.29) is 29.3 Å². The average molecular weight is 378 g/mol. The maximum atomic E-state index is 14.0. The van der Waals surface area contributed by atoms with Crippen LogP contribution in [0.4, 0.5) is 8.78 Å². The van der Waals surface area contributed by atoms with Gasteiger partial charge in [-0.15, -0.1) is 0 Å². The number of nitrogens with one attached hydrogen (secondary N) is 1. The van der Waals surface area contributed by atoms with Crippen molar-refractivity contribution >= 4 is 5.91 Å². The standard InChI is InChI=1S/C21H28F2N2O2/c1-20(2,3)19(26)24-9-15-16-11-25(12-21(16)7-6-18(15)27-21)10-13-8-14(22)4-5-17(13)23/h4-5,8,15-16,18H,6-7,9-12H2,1-3H3,(H,24,26)/t15-,16+,18+,21+/m0/s1. The first-order chi connectivity index (χ1) is 12.7. The smallest absolute Gasteiger partial charge is 0.225 e. The second-order valence-corrected chi connectivity index (χ2v) is 9.40. The van der Waals surface area contributed by atoms with Crippen molar-refractivity contribution in [3.8, 4) is 0 Å². The molecule has 0 saturated carbocycles. The zero-order chi connectivity index (χ0) is 19.4. The highest BCUT2D eigenvalue weighted by Gasteiger charge is 2.62. The van der Waals surface area contributed by atoms with Crippen LogP contribution in [0.2, 0.25) is 0 Å². The molecule has 3 aliphatic rings. The number of likely N-dealkylation sites (tertiary alicyclic amines) is 1. The van der Waals surface area contributed by atoms with Gasteiger partial charge in [0.05, 0.1) is 11.7 Å². The van der Waals surface area contributed by atoms with Crippen molar-refractivity contribution in [3.05, 3.63) is 35.4 Å². The Hall–Kier alpha value is -1.53. The van der Waals surface area contributed by atoms with Gasteiger partial charge in [0.25, 0.3) is 0 Å². The summed E-state index contributed by atoms with van der Waals surface area (Å²) in [5, 5.41) is 3.09. The van der Waals surface area contributed by atoms with Crippen molar-refractivity contribution in [2.75, 3.05) is 19.6 Å². The Labute approximate surface area is 159 Å². The van der Waals surface area contributed by atoms with E-state index in [4.69, 9.17) is 4.74 Å². The summed E-state index contributed by atoms with van der Waals surface area (Å²) in [7, 11) is 0. The van der Waals surface area contributed by atoms with Crippen LogP contribution >= 0.6 is 0 Å². The molecule has 4 rings (SSSR count). The molecule has 3 aliphatic heterocycles. The van der Waals surface area contributed by atoms with Gasteiger partial charge in [-0.25, -0.2) is 8.78 Å². The zero-order valence-electron chi connectivity index (χ0n) is 16.2. The molecule has 4 atom stereocenters. The molecule has 3 fully saturated rings. The first-order valence-electron chi connectivity index (χ1n) is 9.80. The normalized spacial score (nSPS) is 32.7. The molecule has 148 valence electrons. The minimum Gasteiger partial charge on any atom is -0.370 e. The van der Waals surface area contributed by atoms with Crippen LogP contribution < -0.4 is 5.32 Å². The fourth-order valence-electron chi connectivity index (χ4n) is 5.06. The topological polar surface area (TPSA) is 41.6 Å². The molecule has 0 unspecified atom stereocenters. The second kappa shape index (κ2) is 6.52. The number of hydrogen-bond donors (Lipinski definition) is 1. The molecule has 1 spiro atoms. The number of hydrogen-bond acceptors (Lipinski definition) is 3. The minimum absolute atomic E-state index is 0.0519. The summed E-state index contributed by atoms with van der Waals surface area (Å²) in [5.41, 5.74) is -0.211. The lowest BCUT2D eigenvalue weighted by atomic mass is 9.73. The van der Waals surface area contributed by atoms with Gasteiger partial charge in [-0.1, -0.05) is 20.8 Å². The van der Waals surface area contributed by atoms with Crippen molar-refractivity contribution in [2.45, 2.75) is 51.9 Å². The lowest BCUT2D eigenvalue weighted by Gasteiger charge is -2.30. The van der Waals surface area contributed by atoms with E-state index in [0.717, 1.165) is 32.0 Å². The van der Waals surface area contributed by atoms with E-state index in [9.17, 15) is 13.6 Å². The molecule has 3 heterocycles. The van der Waals surface area contributed by atoms with E-state index in [1.165, 1.54) is 12.1 Å². The predicted octanol–water partition coefficient (Wildman–Crippen LogP) is 3.11. The summed E-state index contributed by atoms with van der Waals surface area (Å²) < 4.78 is 33.9. The van der Waals surface area contributed by atoms with Crippen LogP contribution in [0.25, 0.3) is 0 Å². The summed E-state index contributed by atoms with van der Waals surface area (Å²) >= 11 is 0. The van der Waals surface area contributed by atoms with Gasteiger partial charge in [-0.3, -0.25) is 9.69 Å². The van der Waals surface area contributed by atoms with Crippen molar-refractivity contribution < 1.29 is 18.3 Å². The van der Waals surface area contributed by atoms with Crippen LogP contribution in [0.3, 0.4) is 0 Å². The van der Waals surface area contributed by atoms with Crippen molar-refractivity contribution in [2.24, 2.45) is 17.3 Å². The molecule has 0 radical (unpaired) electrons. The highest BCUT2D eigenvalue weighted by molar-refractivity contribution is 5.81. The lowest BCUT2D eigenvalue weighted by molar-refractivity contribution is -0.128. The number of rotatable bonds is 4. The van der Waals surface area contributed by atoms with Gasteiger partial charge in [-0.2, -0.15) is 0 Å². The van der Waals surface area contributed by atoms with Crippen LogP contribution in [-0.4, -0.2) is 42.1 Å². The number of amides is 1. The summed E-state index contributed by atoms with van der Waals surface area (Å²) in [6.07, 6.45) is 2.21. The van der Waals surface area contributed by atoms with Gasteiger partial charge in [0.15, 0.2) is 0 Å². The average Bonchev–Trinajstić information content (AvgIpc) is 3.23. The highest BCUT2D eigenvalue weighted by atomic mass is 19.1. The second-order valence-electron chi connectivity index (χ2n) is 9.40. The monoisotopic (exact) mass is 378 g/mol. The summed E-state index contributed by atoms with van der Waals surface area (Å²) in [5.74, 6) is -0.120. The van der Waals surface area contributed by atoms with Gasteiger partial charge < -0.3 is 10.1 Å². The van der Waals surface area contributed by atoms with E-state index >= 15 is 0 Å². The Bertz CT molecular complexity index is 748. The number of carbonyl (C=O) groups is 1. The Morgan fingerprint density at radius 1 is 1.37 bits per heavy atom. The Balaban J connectivity index is 1.44. The molecule has 1 N–H and O–H groups in total. The predicted molar refractivity (Wildman–Crippen MR) is 97.9 cm³/mol. The minimum atomic E-state index is -0.413. The maximum Gasteiger partial charge on any atom is 0.225 e.